The van der Waals surface area contributed by atoms with E-state index in [1.165, 1.54) is 18.1 Å². The zero-order chi connectivity index (χ0) is 13.5. The topological polar surface area (TPSA) is 26.3 Å². The van der Waals surface area contributed by atoms with Crippen LogP contribution in [-0.4, -0.2) is 12.1 Å². The summed E-state index contributed by atoms with van der Waals surface area (Å²) in [6.07, 6.45) is 10.3. The van der Waals surface area contributed by atoms with Gasteiger partial charge in [0.15, 0.2) is 0 Å². The van der Waals surface area contributed by atoms with Crippen LogP contribution in [0.2, 0.25) is 0 Å². The normalized spacial score (nSPS) is 20.9. The molecule has 0 N–H and O–H groups in total. The van der Waals surface area contributed by atoms with Crippen LogP contribution in [0.3, 0.4) is 0 Å². The number of hydrogen-bond acceptors (Lipinski definition) is 2. The number of ether oxygens (including phenoxy) is 1. The monoisotopic (exact) mass is 250 g/mol. The minimum absolute atomic E-state index is 0.0506. The number of esters is 1. The van der Waals surface area contributed by atoms with E-state index < -0.39 is 0 Å². The van der Waals surface area contributed by atoms with E-state index in [1.54, 1.807) is 0 Å². The molecule has 102 valence electrons. The van der Waals surface area contributed by atoms with Crippen molar-refractivity contribution >= 4 is 5.97 Å². The van der Waals surface area contributed by atoms with Crippen LogP contribution < -0.4 is 0 Å². The third-order valence-corrected chi connectivity index (χ3v) is 3.53. The Kier molecular flexibility index (Phi) is 6.17. The van der Waals surface area contributed by atoms with Gasteiger partial charge in [0.2, 0.25) is 0 Å². The molecule has 0 aromatic carbocycles. The molecular formula is C16H26O2. The van der Waals surface area contributed by atoms with Gasteiger partial charge >= 0.3 is 5.97 Å². The summed E-state index contributed by atoms with van der Waals surface area (Å²) < 4.78 is 5.30. The SMILES string of the molecule is CC(=O)O[C@@H](C)[C@@H]1CCC=C(CCC=C(C)C)C1. The second-order valence-corrected chi connectivity index (χ2v) is 5.54. The first kappa shape index (κ1) is 15.0. The molecule has 0 aromatic rings. The molecule has 2 atom stereocenters. The van der Waals surface area contributed by atoms with Crippen molar-refractivity contribution in [1.29, 1.82) is 0 Å². The molecular weight excluding hydrogens is 224 g/mol. The minimum Gasteiger partial charge on any atom is -0.463 e. The molecule has 0 bridgehead atoms. The summed E-state index contributed by atoms with van der Waals surface area (Å²) in [6, 6.07) is 0. The van der Waals surface area contributed by atoms with Gasteiger partial charge in [-0.05, 0) is 58.8 Å². The summed E-state index contributed by atoms with van der Waals surface area (Å²) in [4.78, 5) is 11.0. The van der Waals surface area contributed by atoms with Crippen molar-refractivity contribution in [2.45, 2.75) is 65.9 Å². The van der Waals surface area contributed by atoms with Gasteiger partial charge in [0.05, 0.1) is 0 Å². The van der Waals surface area contributed by atoms with Crippen molar-refractivity contribution < 1.29 is 9.53 Å². The largest absolute Gasteiger partial charge is 0.463 e. The van der Waals surface area contributed by atoms with Gasteiger partial charge in [-0.25, -0.2) is 0 Å². The molecule has 2 heteroatoms. The van der Waals surface area contributed by atoms with Gasteiger partial charge < -0.3 is 4.74 Å². The molecule has 0 aliphatic heterocycles. The lowest BCUT2D eigenvalue weighted by atomic mass is 9.84. The molecule has 0 amide bonds. The van der Waals surface area contributed by atoms with Gasteiger partial charge in [0.1, 0.15) is 6.10 Å². The zero-order valence-corrected chi connectivity index (χ0v) is 12.2. The van der Waals surface area contributed by atoms with Crippen LogP contribution in [0.25, 0.3) is 0 Å². The Balaban J connectivity index is 2.42. The second kappa shape index (κ2) is 7.40. The highest BCUT2D eigenvalue weighted by Gasteiger charge is 2.23. The molecule has 0 unspecified atom stereocenters. The van der Waals surface area contributed by atoms with Gasteiger partial charge in [-0.3, -0.25) is 4.79 Å². The van der Waals surface area contributed by atoms with Crippen LogP contribution in [0.4, 0.5) is 0 Å². The van der Waals surface area contributed by atoms with Gasteiger partial charge in [-0.2, -0.15) is 0 Å². The van der Waals surface area contributed by atoms with E-state index in [4.69, 9.17) is 4.74 Å². The Morgan fingerprint density at radius 2 is 2.22 bits per heavy atom. The molecule has 0 saturated heterocycles. The predicted octanol–water partition coefficient (Wildman–Crippen LogP) is 4.41. The van der Waals surface area contributed by atoms with Crippen molar-refractivity contribution in [3.63, 3.8) is 0 Å². The maximum absolute atomic E-state index is 11.0. The van der Waals surface area contributed by atoms with Crippen LogP contribution in [0.5, 0.6) is 0 Å². The van der Waals surface area contributed by atoms with E-state index in [9.17, 15) is 4.79 Å². The molecule has 0 spiro atoms. The van der Waals surface area contributed by atoms with E-state index in [0.29, 0.717) is 5.92 Å². The fourth-order valence-corrected chi connectivity index (χ4v) is 2.53. The molecule has 0 radical (unpaired) electrons. The predicted molar refractivity (Wildman–Crippen MR) is 75.3 cm³/mol. The molecule has 0 heterocycles. The van der Waals surface area contributed by atoms with Crippen molar-refractivity contribution in [3.8, 4) is 0 Å². The number of allylic oxidation sites excluding steroid dienone is 4. The average Bonchev–Trinajstić information content (AvgIpc) is 2.28. The summed E-state index contributed by atoms with van der Waals surface area (Å²) in [5.41, 5.74) is 2.92. The first-order valence-corrected chi connectivity index (χ1v) is 6.97. The van der Waals surface area contributed by atoms with Gasteiger partial charge in [0.25, 0.3) is 0 Å². The number of rotatable bonds is 5. The van der Waals surface area contributed by atoms with E-state index in [2.05, 4.69) is 26.0 Å². The molecule has 0 fully saturated rings. The molecule has 0 aromatic heterocycles. The summed E-state index contributed by atoms with van der Waals surface area (Å²) in [6.45, 7) is 7.79. The van der Waals surface area contributed by atoms with E-state index in [-0.39, 0.29) is 12.1 Å². The standard InChI is InChI=1S/C16H26O2/c1-12(2)7-5-8-15-9-6-10-16(11-15)13(3)18-14(4)17/h7,9,13,16H,5-6,8,10-11H2,1-4H3/t13-,16+/m0/s1. The lowest BCUT2D eigenvalue weighted by molar-refractivity contribution is -0.148. The van der Waals surface area contributed by atoms with Crippen molar-refractivity contribution in [1.82, 2.24) is 0 Å². The first-order valence-electron chi connectivity index (χ1n) is 6.97. The Morgan fingerprint density at radius 1 is 1.50 bits per heavy atom. The second-order valence-electron chi connectivity index (χ2n) is 5.54. The fourth-order valence-electron chi connectivity index (χ4n) is 2.53. The lowest BCUT2D eigenvalue weighted by Gasteiger charge is -2.27. The van der Waals surface area contributed by atoms with Crippen molar-refractivity contribution in [2.24, 2.45) is 5.92 Å². The maximum atomic E-state index is 11.0. The molecule has 1 aliphatic rings. The number of carbonyl (C=O) groups excluding carboxylic acids is 1. The first-order chi connectivity index (χ1) is 8.49. The third-order valence-electron chi connectivity index (χ3n) is 3.53. The molecule has 18 heavy (non-hydrogen) atoms. The van der Waals surface area contributed by atoms with Crippen molar-refractivity contribution in [2.75, 3.05) is 0 Å². The minimum atomic E-state index is -0.164. The molecule has 0 saturated carbocycles. The number of carbonyl (C=O) groups is 1. The van der Waals surface area contributed by atoms with Crippen LogP contribution in [0, 0.1) is 5.92 Å². The summed E-state index contributed by atoms with van der Waals surface area (Å²) in [5.74, 6) is 0.337. The highest BCUT2D eigenvalue weighted by molar-refractivity contribution is 5.66. The summed E-state index contributed by atoms with van der Waals surface area (Å²) in [7, 11) is 0. The Labute approximate surface area is 111 Å². The molecule has 2 nitrogen and oxygen atoms in total. The van der Waals surface area contributed by atoms with E-state index in [0.717, 1.165) is 32.1 Å². The number of hydrogen-bond donors (Lipinski definition) is 0. The van der Waals surface area contributed by atoms with Crippen LogP contribution in [0.1, 0.15) is 59.8 Å². The van der Waals surface area contributed by atoms with Gasteiger partial charge in [0, 0.05) is 6.92 Å². The van der Waals surface area contributed by atoms with Crippen LogP contribution in [0.15, 0.2) is 23.3 Å². The summed E-state index contributed by atoms with van der Waals surface area (Å²) >= 11 is 0. The van der Waals surface area contributed by atoms with Gasteiger partial charge in [-0.1, -0.05) is 23.3 Å². The lowest BCUT2D eigenvalue weighted by Crippen LogP contribution is -2.25. The van der Waals surface area contributed by atoms with Crippen LogP contribution in [-0.2, 0) is 9.53 Å². The smallest absolute Gasteiger partial charge is 0.302 e. The highest BCUT2D eigenvalue weighted by Crippen LogP contribution is 2.30. The maximum Gasteiger partial charge on any atom is 0.302 e. The third kappa shape index (κ3) is 5.52. The Hall–Kier alpha value is -1.05. The highest BCUT2D eigenvalue weighted by atomic mass is 16.5. The van der Waals surface area contributed by atoms with Crippen molar-refractivity contribution in [3.05, 3.63) is 23.3 Å². The zero-order valence-electron chi connectivity index (χ0n) is 12.2. The molecule has 1 aliphatic carbocycles. The molecule has 1 rings (SSSR count). The Bertz CT molecular complexity index is 335. The summed E-state index contributed by atoms with van der Waals surface area (Å²) in [5, 5.41) is 0. The Morgan fingerprint density at radius 3 is 2.83 bits per heavy atom. The average molecular weight is 250 g/mol. The van der Waals surface area contributed by atoms with E-state index >= 15 is 0 Å². The van der Waals surface area contributed by atoms with Gasteiger partial charge in [-0.15, -0.1) is 0 Å². The quantitative estimate of drug-likeness (QED) is 0.533. The van der Waals surface area contributed by atoms with E-state index in [1.807, 2.05) is 6.92 Å². The fraction of sp³-hybridized carbons (Fsp3) is 0.688. The van der Waals surface area contributed by atoms with Crippen LogP contribution >= 0.6 is 0 Å².